The average Bonchev–Trinajstić information content (AvgIpc) is 2.99. The van der Waals surface area contributed by atoms with Crippen molar-refractivity contribution in [2.75, 3.05) is 26.0 Å². The van der Waals surface area contributed by atoms with E-state index in [1.54, 1.807) is 44.6 Å². The molecule has 2 heterocycles. The Bertz CT molecular complexity index is 1470. The Kier molecular flexibility index (Phi) is 12.6. The maximum absolute atomic E-state index is 14.2. The largest absolute Gasteiger partial charge is 0.439 e. The Morgan fingerprint density at radius 1 is 1.09 bits per heavy atom. The molecule has 45 heavy (non-hydrogen) atoms. The van der Waals surface area contributed by atoms with E-state index >= 15 is 0 Å². The number of amides is 4. The van der Waals surface area contributed by atoms with Crippen LogP contribution >= 0.6 is 12.4 Å². The predicted octanol–water partition coefficient (Wildman–Crippen LogP) is 5.72. The first-order chi connectivity index (χ1) is 21.0. The Balaban J connectivity index is 0.00000552. The second kappa shape index (κ2) is 16.1. The smallest absolute Gasteiger partial charge is 0.319 e. The van der Waals surface area contributed by atoms with Gasteiger partial charge in [-0.05, 0) is 55.2 Å². The molecule has 2 aromatic carbocycles. The molecule has 4 amide bonds. The van der Waals surface area contributed by atoms with Gasteiger partial charge in [0.2, 0.25) is 5.88 Å². The van der Waals surface area contributed by atoms with E-state index in [1.165, 1.54) is 4.90 Å². The number of urea groups is 1. The minimum absolute atomic E-state index is 0. The lowest BCUT2D eigenvalue weighted by Crippen LogP contribution is -2.50. The van der Waals surface area contributed by atoms with Crippen molar-refractivity contribution in [3.05, 3.63) is 83.1 Å². The molecule has 1 fully saturated rings. The fourth-order valence-electron chi connectivity index (χ4n) is 5.20. The maximum Gasteiger partial charge on any atom is 0.319 e. The summed E-state index contributed by atoms with van der Waals surface area (Å²) in [7, 11) is 3.40. The molecule has 0 spiro atoms. The molecule has 0 bridgehead atoms. The summed E-state index contributed by atoms with van der Waals surface area (Å²) in [5.74, 6) is -2.21. The first-order valence-electron chi connectivity index (χ1n) is 14.6. The SMILES string of the molecule is CCCCC1CC(NC(=O)Nc2cc(C(N)=O)c(F)cc2F)CCN1Cc1ccc(Oc2ccc(C(=O)N(C)C)cc2)nc1.Cl. The van der Waals surface area contributed by atoms with E-state index < -0.39 is 29.1 Å². The molecule has 3 aromatic rings. The van der Waals surface area contributed by atoms with Crippen molar-refractivity contribution in [2.24, 2.45) is 5.73 Å². The lowest BCUT2D eigenvalue weighted by Gasteiger charge is -2.40. The number of hydrogen-bond acceptors (Lipinski definition) is 6. The van der Waals surface area contributed by atoms with Crippen LogP contribution in [0.1, 0.15) is 65.3 Å². The van der Waals surface area contributed by atoms with E-state index in [0.717, 1.165) is 37.4 Å². The zero-order chi connectivity index (χ0) is 31.8. The number of likely N-dealkylation sites (tertiary alicyclic amines) is 1. The first kappa shape index (κ1) is 35.2. The van der Waals surface area contributed by atoms with E-state index in [-0.39, 0.29) is 36.1 Å². The number of anilines is 1. The van der Waals surface area contributed by atoms with Crippen LogP contribution in [0, 0.1) is 11.6 Å². The summed E-state index contributed by atoms with van der Waals surface area (Å²) in [6.07, 6.45) is 6.17. The molecule has 13 heteroatoms. The van der Waals surface area contributed by atoms with Crippen molar-refractivity contribution in [3.63, 3.8) is 0 Å². The highest BCUT2D eigenvalue weighted by atomic mass is 35.5. The number of nitrogens with zero attached hydrogens (tertiary/aromatic N) is 3. The van der Waals surface area contributed by atoms with Gasteiger partial charge in [0, 0.05) is 63.2 Å². The number of rotatable bonds is 11. The molecule has 10 nitrogen and oxygen atoms in total. The summed E-state index contributed by atoms with van der Waals surface area (Å²) in [5.41, 5.74) is 5.91. The van der Waals surface area contributed by atoms with E-state index in [1.807, 2.05) is 12.1 Å². The van der Waals surface area contributed by atoms with Crippen LogP contribution in [-0.2, 0) is 6.54 Å². The Hall–Kier alpha value is -4.29. The van der Waals surface area contributed by atoms with Gasteiger partial charge in [-0.25, -0.2) is 18.6 Å². The molecule has 242 valence electrons. The molecule has 2 atom stereocenters. The third-order valence-electron chi connectivity index (χ3n) is 7.55. The second-order valence-electron chi connectivity index (χ2n) is 11.1. The van der Waals surface area contributed by atoms with Crippen LogP contribution in [0.3, 0.4) is 0 Å². The van der Waals surface area contributed by atoms with Gasteiger partial charge >= 0.3 is 6.03 Å². The molecule has 1 saturated heterocycles. The van der Waals surface area contributed by atoms with Crippen molar-refractivity contribution < 1.29 is 27.9 Å². The van der Waals surface area contributed by atoms with E-state index in [4.69, 9.17) is 10.5 Å². The van der Waals surface area contributed by atoms with E-state index in [2.05, 4.69) is 27.4 Å². The summed E-state index contributed by atoms with van der Waals surface area (Å²) < 4.78 is 33.9. The first-order valence-corrected chi connectivity index (χ1v) is 14.6. The summed E-state index contributed by atoms with van der Waals surface area (Å²) in [4.78, 5) is 44.5. The highest BCUT2D eigenvalue weighted by Crippen LogP contribution is 2.26. The monoisotopic (exact) mass is 644 g/mol. The van der Waals surface area contributed by atoms with E-state index in [9.17, 15) is 23.2 Å². The maximum atomic E-state index is 14.2. The van der Waals surface area contributed by atoms with Crippen molar-refractivity contribution in [3.8, 4) is 11.6 Å². The number of aromatic nitrogens is 1. The fourth-order valence-corrected chi connectivity index (χ4v) is 5.20. The number of pyridine rings is 1. The number of primary amides is 1. The van der Waals surface area contributed by atoms with E-state index in [0.29, 0.717) is 42.6 Å². The minimum atomic E-state index is -1.09. The minimum Gasteiger partial charge on any atom is -0.439 e. The van der Waals surface area contributed by atoms with Gasteiger partial charge in [0.1, 0.15) is 17.4 Å². The molecule has 4 rings (SSSR count). The van der Waals surface area contributed by atoms with Gasteiger partial charge in [-0.3, -0.25) is 14.5 Å². The summed E-state index contributed by atoms with van der Waals surface area (Å²) in [6, 6.07) is 11.5. The molecule has 0 aliphatic carbocycles. The molecule has 1 aliphatic rings. The number of piperidine rings is 1. The van der Waals surface area contributed by atoms with Crippen molar-refractivity contribution in [1.29, 1.82) is 0 Å². The number of nitrogens with two attached hydrogens (primary N) is 1. The zero-order valence-corrected chi connectivity index (χ0v) is 26.3. The molecule has 0 radical (unpaired) electrons. The standard InChI is InChI=1S/C32H38F2N6O4.ClH/c1-4-5-6-23-15-22(37-32(43)38-28-16-25(30(35)41)26(33)17-27(28)34)13-14-40(23)19-20-7-12-29(36-18-20)44-24-10-8-21(9-11-24)31(42)39(2)3;/h7-12,16-18,22-23H,4-6,13-15,19H2,1-3H3,(H2,35,41)(H2,37,38,43);1H. The number of halogens is 3. The number of carbonyl (C=O) groups is 3. The van der Waals surface area contributed by atoms with Crippen molar-refractivity contribution >= 4 is 35.9 Å². The highest BCUT2D eigenvalue weighted by Gasteiger charge is 2.29. The number of ether oxygens (including phenoxy) is 1. The Morgan fingerprint density at radius 2 is 1.82 bits per heavy atom. The van der Waals surface area contributed by atoms with Gasteiger partial charge in [0.25, 0.3) is 11.8 Å². The molecule has 1 aliphatic heterocycles. The Morgan fingerprint density at radius 3 is 2.44 bits per heavy atom. The van der Waals surface area contributed by atoms with Gasteiger partial charge in [0.05, 0.1) is 11.3 Å². The topological polar surface area (TPSA) is 130 Å². The quantitative estimate of drug-likeness (QED) is 0.245. The molecule has 0 saturated carbocycles. The fraction of sp³-hybridized carbons (Fsp3) is 0.375. The lowest BCUT2D eigenvalue weighted by molar-refractivity contribution is 0.0827. The van der Waals surface area contributed by atoms with Crippen molar-refractivity contribution in [1.82, 2.24) is 20.1 Å². The third kappa shape index (κ3) is 9.60. The number of carbonyl (C=O) groups excluding carboxylic acids is 3. The van der Waals surface area contributed by atoms with Crippen LogP contribution in [0.5, 0.6) is 11.6 Å². The number of unbranched alkanes of at least 4 members (excludes halogenated alkanes) is 1. The normalized spacial score (nSPS) is 16.3. The zero-order valence-electron chi connectivity index (χ0n) is 25.5. The van der Waals surface area contributed by atoms with Gasteiger partial charge in [-0.2, -0.15) is 0 Å². The van der Waals surface area contributed by atoms with Gasteiger partial charge in [-0.15, -0.1) is 12.4 Å². The number of nitrogens with one attached hydrogen (secondary N) is 2. The van der Waals surface area contributed by atoms with Crippen LogP contribution in [0.2, 0.25) is 0 Å². The lowest BCUT2D eigenvalue weighted by atomic mass is 9.93. The van der Waals surface area contributed by atoms with Crippen LogP contribution in [0.4, 0.5) is 19.3 Å². The molecular formula is C32H39ClF2N6O4. The van der Waals surface area contributed by atoms with Crippen molar-refractivity contribution in [2.45, 2.75) is 57.7 Å². The van der Waals surface area contributed by atoms with Crippen LogP contribution in [0.15, 0.2) is 54.7 Å². The van der Waals surface area contributed by atoms with Crippen LogP contribution < -0.4 is 21.1 Å². The molecular weight excluding hydrogens is 606 g/mol. The molecule has 4 N–H and O–H groups in total. The molecule has 1 aromatic heterocycles. The van der Waals surface area contributed by atoms with Crippen LogP contribution in [-0.4, -0.2) is 65.4 Å². The Labute approximate surface area is 267 Å². The van der Waals surface area contributed by atoms with Gasteiger partial charge in [0.15, 0.2) is 0 Å². The van der Waals surface area contributed by atoms with Gasteiger partial charge in [-0.1, -0.05) is 25.8 Å². The highest BCUT2D eigenvalue weighted by molar-refractivity contribution is 5.96. The predicted molar refractivity (Wildman–Crippen MR) is 170 cm³/mol. The summed E-state index contributed by atoms with van der Waals surface area (Å²) in [5, 5.41) is 5.26. The average molecular weight is 645 g/mol. The number of hydrogen-bond donors (Lipinski definition) is 3. The third-order valence-corrected chi connectivity index (χ3v) is 7.55. The summed E-state index contributed by atoms with van der Waals surface area (Å²) >= 11 is 0. The van der Waals surface area contributed by atoms with Crippen LogP contribution in [0.25, 0.3) is 0 Å². The second-order valence-corrected chi connectivity index (χ2v) is 11.1. The number of benzene rings is 2. The summed E-state index contributed by atoms with van der Waals surface area (Å²) in [6.45, 7) is 3.54. The van der Waals surface area contributed by atoms with Gasteiger partial charge < -0.3 is 26.0 Å². The molecule has 2 unspecified atom stereocenters.